The lowest BCUT2D eigenvalue weighted by atomic mass is 10.3. The van der Waals surface area contributed by atoms with Gasteiger partial charge in [0.15, 0.2) is 0 Å². The van der Waals surface area contributed by atoms with Gasteiger partial charge in [0.05, 0.1) is 6.54 Å². The molecular formula is C16H22N4O3. The van der Waals surface area contributed by atoms with Crippen molar-refractivity contribution in [2.45, 2.75) is 25.4 Å². The van der Waals surface area contributed by atoms with E-state index >= 15 is 0 Å². The molecule has 0 aromatic carbocycles. The first kappa shape index (κ1) is 15.7. The van der Waals surface area contributed by atoms with Crippen molar-refractivity contribution in [2.24, 2.45) is 0 Å². The van der Waals surface area contributed by atoms with Crippen LogP contribution in [0.1, 0.15) is 12.8 Å². The highest BCUT2D eigenvalue weighted by Crippen LogP contribution is 2.18. The van der Waals surface area contributed by atoms with Gasteiger partial charge in [-0.15, -0.1) is 0 Å². The largest absolute Gasteiger partial charge is 0.352 e. The number of nitrogens with zero attached hydrogens (tertiary/aromatic N) is 3. The molecule has 0 bridgehead atoms. The number of amides is 2. The third kappa shape index (κ3) is 4.41. The number of aromatic nitrogens is 1. The molecule has 0 unspecified atom stereocenters. The highest BCUT2D eigenvalue weighted by Gasteiger charge is 2.26. The van der Waals surface area contributed by atoms with Crippen LogP contribution in [0.25, 0.3) is 0 Å². The fourth-order valence-electron chi connectivity index (χ4n) is 2.70. The second-order valence-corrected chi connectivity index (χ2v) is 6.17. The van der Waals surface area contributed by atoms with Crippen LogP contribution in [0.2, 0.25) is 0 Å². The molecule has 1 saturated carbocycles. The summed E-state index contributed by atoms with van der Waals surface area (Å²) in [4.78, 5) is 39.5. The van der Waals surface area contributed by atoms with Crippen molar-refractivity contribution in [3.63, 3.8) is 0 Å². The van der Waals surface area contributed by atoms with Gasteiger partial charge in [0, 0.05) is 44.5 Å². The van der Waals surface area contributed by atoms with Crippen LogP contribution in [-0.4, -0.2) is 64.9 Å². The number of carbonyl (C=O) groups excluding carboxylic acids is 2. The summed E-state index contributed by atoms with van der Waals surface area (Å²) in [5, 5.41) is 2.97. The third-order valence-electron chi connectivity index (χ3n) is 4.24. The van der Waals surface area contributed by atoms with Gasteiger partial charge >= 0.3 is 0 Å². The Morgan fingerprint density at radius 1 is 1.09 bits per heavy atom. The molecule has 3 rings (SSSR count). The first-order valence-corrected chi connectivity index (χ1v) is 8.07. The molecule has 1 N–H and O–H groups in total. The number of piperazine rings is 1. The molecular weight excluding hydrogens is 296 g/mol. The Hall–Kier alpha value is -2.15. The van der Waals surface area contributed by atoms with Crippen LogP contribution in [0, 0.1) is 0 Å². The fraction of sp³-hybridized carbons (Fsp3) is 0.562. The summed E-state index contributed by atoms with van der Waals surface area (Å²) in [6.07, 6.45) is 3.80. The van der Waals surface area contributed by atoms with Gasteiger partial charge in [-0.1, -0.05) is 6.07 Å². The number of rotatable bonds is 5. The van der Waals surface area contributed by atoms with Gasteiger partial charge in [-0.2, -0.15) is 0 Å². The highest BCUT2D eigenvalue weighted by atomic mass is 16.2. The van der Waals surface area contributed by atoms with Gasteiger partial charge in [0.25, 0.3) is 5.56 Å². The maximum absolute atomic E-state index is 12.3. The monoisotopic (exact) mass is 318 g/mol. The lowest BCUT2D eigenvalue weighted by Gasteiger charge is -2.34. The second kappa shape index (κ2) is 6.95. The van der Waals surface area contributed by atoms with Gasteiger partial charge in [-0.3, -0.25) is 19.3 Å². The quantitative estimate of drug-likeness (QED) is 0.777. The Labute approximate surface area is 134 Å². The first-order valence-electron chi connectivity index (χ1n) is 8.07. The van der Waals surface area contributed by atoms with Gasteiger partial charge in [0.1, 0.15) is 6.54 Å². The summed E-state index contributed by atoms with van der Waals surface area (Å²) in [5.74, 6) is 0.0171. The van der Waals surface area contributed by atoms with Crippen molar-refractivity contribution in [3.05, 3.63) is 34.7 Å². The third-order valence-corrected chi connectivity index (χ3v) is 4.24. The van der Waals surface area contributed by atoms with Crippen LogP contribution in [-0.2, 0) is 16.1 Å². The summed E-state index contributed by atoms with van der Waals surface area (Å²) >= 11 is 0. The summed E-state index contributed by atoms with van der Waals surface area (Å²) in [6, 6.07) is 5.23. The van der Waals surface area contributed by atoms with Gasteiger partial charge in [-0.25, -0.2) is 0 Å². The molecule has 23 heavy (non-hydrogen) atoms. The number of hydrogen-bond donors (Lipinski definition) is 1. The van der Waals surface area contributed by atoms with E-state index in [2.05, 4.69) is 10.2 Å². The molecule has 2 heterocycles. The summed E-state index contributed by atoms with van der Waals surface area (Å²) in [7, 11) is 0. The van der Waals surface area contributed by atoms with Crippen molar-refractivity contribution in [1.82, 2.24) is 19.7 Å². The number of pyridine rings is 1. The van der Waals surface area contributed by atoms with Crippen LogP contribution < -0.4 is 10.9 Å². The highest BCUT2D eigenvalue weighted by molar-refractivity contribution is 5.79. The van der Waals surface area contributed by atoms with E-state index < -0.39 is 0 Å². The molecule has 1 aromatic heterocycles. The molecule has 0 atom stereocenters. The van der Waals surface area contributed by atoms with Crippen LogP contribution in [0.15, 0.2) is 29.2 Å². The minimum Gasteiger partial charge on any atom is -0.352 e. The average Bonchev–Trinajstić information content (AvgIpc) is 3.34. The van der Waals surface area contributed by atoms with Crippen molar-refractivity contribution >= 4 is 11.8 Å². The predicted molar refractivity (Wildman–Crippen MR) is 84.9 cm³/mol. The summed E-state index contributed by atoms with van der Waals surface area (Å²) in [5.41, 5.74) is -0.170. The lowest BCUT2D eigenvalue weighted by molar-refractivity contribution is -0.134. The van der Waals surface area contributed by atoms with E-state index in [0.717, 1.165) is 12.8 Å². The molecule has 2 aliphatic rings. The van der Waals surface area contributed by atoms with Gasteiger partial charge in [-0.05, 0) is 18.9 Å². The Kier molecular flexibility index (Phi) is 4.76. The Morgan fingerprint density at radius 2 is 1.83 bits per heavy atom. The zero-order valence-electron chi connectivity index (χ0n) is 13.1. The van der Waals surface area contributed by atoms with E-state index in [1.165, 1.54) is 10.6 Å². The van der Waals surface area contributed by atoms with Crippen molar-refractivity contribution in [2.75, 3.05) is 32.7 Å². The van der Waals surface area contributed by atoms with Crippen LogP contribution in [0.4, 0.5) is 0 Å². The van der Waals surface area contributed by atoms with E-state index in [0.29, 0.717) is 38.8 Å². The van der Waals surface area contributed by atoms with Crippen LogP contribution >= 0.6 is 0 Å². The van der Waals surface area contributed by atoms with E-state index in [1.54, 1.807) is 23.2 Å². The van der Waals surface area contributed by atoms with Crippen molar-refractivity contribution < 1.29 is 9.59 Å². The molecule has 1 saturated heterocycles. The molecule has 124 valence electrons. The topological polar surface area (TPSA) is 74.7 Å². The van der Waals surface area contributed by atoms with E-state index in [9.17, 15) is 14.4 Å². The van der Waals surface area contributed by atoms with Gasteiger partial charge in [0.2, 0.25) is 11.8 Å². The maximum atomic E-state index is 12.3. The van der Waals surface area contributed by atoms with Crippen molar-refractivity contribution in [1.29, 1.82) is 0 Å². The normalized spacial score (nSPS) is 18.7. The smallest absolute Gasteiger partial charge is 0.250 e. The van der Waals surface area contributed by atoms with Crippen molar-refractivity contribution in [3.8, 4) is 0 Å². The fourth-order valence-corrected chi connectivity index (χ4v) is 2.70. The van der Waals surface area contributed by atoms with E-state index in [-0.39, 0.29) is 23.9 Å². The molecule has 7 heteroatoms. The summed E-state index contributed by atoms with van der Waals surface area (Å²) < 4.78 is 1.41. The lowest BCUT2D eigenvalue weighted by Crippen LogP contribution is -2.52. The Morgan fingerprint density at radius 3 is 2.48 bits per heavy atom. The molecule has 2 amide bonds. The predicted octanol–water partition coefficient (Wildman–Crippen LogP) is -0.729. The molecule has 7 nitrogen and oxygen atoms in total. The van der Waals surface area contributed by atoms with Crippen LogP contribution in [0.3, 0.4) is 0 Å². The zero-order chi connectivity index (χ0) is 16.2. The SMILES string of the molecule is O=C(CN1CCN(C(=O)Cn2ccccc2=O)CC1)NC1CC1. The number of carbonyl (C=O) groups is 2. The molecule has 1 aromatic rings. The Balaban J connectivity index is 1.44. The number of hydrogen-bond acceptors (Lipinski definition) is 4. The van der Waals surface area contributed by atoms with E-state index in [1.807, 2.05) is 0 Å². The molecule has 2 fully saturated rings. The second-order valence-electron chi connectivity index (χ2n) is 6.17. The maximum Gasteiger partial charge on any atom is 0.250 e. The van der Waals surface area contributed by atoms with Gasteiger partial charge < -0.3 is 14.8 Å². The molecule has 1 aliphatic carbocycles. The summed E-state index contributed by atoms with van der Waals surface area (Å²) in [6.45, 7) is 3.04. The molecule has 0 spiro atoms. The van der Waals surface area contributed by atoms with Crippen LogP contribution in [0.5, 0.6) is 0 Å². The van der Waals surface area contributed by atoms with E-state index in [4.69, 9.17) is 0 Å². The average molecular weight is 318 g/mol. The first-order chi connectivity index (χ1) is 11.1. The minimum atomic E-state index is -0.170. The minimum absolute atomic E-state index is 0.0552. The molecule has 0 radical (unpaired) electrons. The molecule has 1 aliphatic heterocycles. The Bertz CT molecular complexity index is 630. The standard InChI is InChI=1S/C16H22N4O3/c21-14(17-13-4-5-13)11-18-7-9-19(10-8-18)16(23)12-20-6-2-1-3-15(20)22/h1-3,6,13H,4-5,7-12H2,(H,17,21). The number of nitrogens with one attached hydrogen (secondary N) is 1. The zero-order valence-corrected chi connectivity index (χ0v) is 13.1.